The summed E-state index contributed by atoms with van der Waals surface area (Å²) in [7, 11) is 0. The first-order chi connectivity index (χ1) is 14.9. The molecule has 0 unspecified atom stereocenters. The fraction of sp³-hybridized carbons (Fsp3) is 0.238. The standard InChI is InChI=1S/C21H21ClFN5O2S/c1-2-28-18(11-12-19(29)24-17-9-5-15(23)6-10-17)26-27-21(28)31-13-20(30)25-16-7-3-14(22)4-8-16/h3-10H,2,11-13H2,1H3,(H,24,29)(H,25,30). The van der Waals surface area contributed by atoms with Crippen LogP contribution in [0.2, 0.25) is 5.02 Å². The normalized spacial score (nSPS) is 10.7. The maximum atomic E-state index is 13.0. The van der Waals surface area contributed by atoms with Crippen molar-refractivity contribution in [3.63, 3.8) is 0 Å². The Kier molecular flexibility index (Phi) is 8.02. The van der Waals surface area contributed by atoms with Crippen LogP contribution in [0.5, 0.6) is 0 Å². The van der Waals surface area contributed by atoms with Gasteiger partial charge < -0.3 is 15.2 Å². The highest BCUT2D eigenvalue weighted by atomic mass is 35.5. The van der Waals surface area contributed by atoms with Gasteiger partial charge in [-0.05, 0) is 55.5 Å². The molecule has 0 aliphatic heterocycles. The van der Waals surface area contributed by atoms with Crippen LogP contribution < -0.4 is 10.6 Å². The van der Waals surface area contributed by atoms with Crippen molar-refractivity contribution in [3.8, 4) is 0 Å². The van der Waals surface area contributed by atoms with Gasteiger partial charge in [0.05, 0.1) is 5.75 Å². The van der Waals surface area contributed by atoms with Crippen LogP contribution in [0.25, 0.3) is 0 Å². The van der Waals surface area contributed by atoms with Crippen LogP contribution in [-0.4, -0.2) is 32.3 Å². The van der Waals surface area contributed by atoms with Gasteiger partial charge >= 0.3 is 0 Å². The second-order valence-corrected chi connectivity index (χ2v) is 7.92. The molecule has 2 N–H and O–H groups in total. The van der Waals surface area contributed by atoms with E-state index >= 15 is 0 Å². The zero-order valence-electron chi connectivity index (χ0n) is 16.8. The lowest BCUT2D eigenvalue weighted by atomic mass is 10.2. The summed E-state index contributed by atoms with van der Waals surface area (Å²) in [5.41, 5.74) is 1.20. The van der Waals surface area contributed by atoms with Gasteiger partial charge in [-0.15, -0.1) is 10.2 Å². The van der Waals surface area contributed by atoms with E-state index in [9.17, 15) is 14.0 Å². The highest BCUT2D eigenvalue weighted by Crippen LogP contribution is 2.19. The SMILES string of the molecule is CCn1c(CCC(=O)Nc2ccc(F)cc2)nnc1SCC(=O)Nc1ccc(Cl)cc1. The first-order valence-electron chi connectivity index (χ1n) is 9.60. The van der Waals surface area contributed by atoms with Crippen molar-refractivity contribution < 1.29 is 14.0 Å². The molecule has 0 saturated carbocycles. The summed E-state index contributed by atoms with van der Waals surface area (Å²) >= 11 is 7.12. The highest BCUT2D eigenvalue weighted by Gasteiger charge is 2.14. The smallest absolute Gasteiger partial charge is 0.234 e. The summed E-state index contributed by atoms with van der Waals surface area (Å²) in [4.78, 5) is 24.3. The van der Waals surface area contributed by atoms with E-state index in [4.69, 9.17) is 11.6 Å². The number of nitrogens with one attached hydrogen (secondary N) is 2. The minimum Gasteiger partial charge on any atom is -0.326 e. The molecule has 0 atom stereocenters. The van der Waals surface area contributed by atoms with Gasteiger partial charge in [-0.1, -0.05) is 23.4 Å². The molecule has 0 bridgehead atoms. The zero-order valence-corrected chi connectivity index (χ0v) is 18.3. The number of amides is 2. The van der Waals surface area contributed by atoms with Crippen molar-refractivity contribution >= 4 is 46.6 Å². The Morgan fingerprint density at radius 1 is 1.00 bits per heavy atom. The summed E-state index contributed by atoms with van der Waals surface area (Å²) in [5.74, 6) is 0.108. The van der Waals surface area contributed by atoms with Crippen molar-refractivity contribution in [2.24, 2.45) is 0 Å². The molecule has 0 spiro atoms. The van der Waals surface area contributed by atoms with Crippen molar-refractivity contribution in [1.82, 2.24) is 14.8 Å². The van der Waals surface area contributed by atoms with Gasteiger partial charge in [-0.2, -0.15) is 0 Å². The number of benzene rings is 2. The number of rotatable bonds is 9. The van der Waals surface area contributed by atoms with E-state index in [2.05, 4.69) is 20.8 Å². The Balaban J connectivity index is 1.51. The van der Waals surface area contributed by atoms with Gasteiger partial charge in [-0.3, -0.25) is 9.59 Å². The average molecular weight is 462 g/mol. The predicted octanol–water partition coefficient (Wildman–Crippen LogP) is 4.39. The first-order valence-corrected chi connectivity index (χ1v) is 11.0. The van der Waals surface area contributed by atoms with E-state index in [0.717, 1.165) is 0 Å². The lowest BCUT2D eigenvalue weighted by molar-refractivity contribution is -0.116. The minimum atomic E-state index is -0.360. The molecular formula is C21H21ClFN5O2S. The number of carbonyl (C=O) groups excluding carboxylic acids is 2. The van der Waals surface area contributed by atoms with E-state index in [1.165, 1.54) is 36.0 Å². The molecule has 1 aromatic heterocycles. The molecule has 7 nitrogen and oxygen atoms in total. The van der Waals surface area contributed by atoms with E-state index < -0.39 is 0 Å². The second-order valence-electron chi connectivity index (χ2n) is 6.54. The number of aryl methyl sites for hydroxylation is 1. The van der Waals surface area contributed by atoms with Gasteiger partial charge in [0, 0.05) is 35.8 Å². The van der Waals surface area contributed by atoms with Crippen molar-refractivity contribution in [2.45, 2.75) is 31.5 Å². The van der Waals surface area contributed by atoms with Gasteiger partial charge in [-0.25, -0.2) is 4.39 Å². The molecule has 31 heavy (non-hydrogen) atoms. The third-order valence-electron chi connectivity index (χ3n) is 4.27. The molecule has 0 radical (unpaired) electrons. The van der Waals surface area contributed by atoms with Crippen molar-refractivity contribution in [1.29, 1.82) is 0 Å². The number of thioether (sulfide) groups is 1. The van der Waals surface area contributed by atoms with Gasteiger partial charge in [0.2, 0.25) is 11.8 Å². The number of nitrogens with zero attached hydrogens (tertiary/aromatic N) is 3. The quantitative estimate of drug-likeness (QED) is 0.461. The number of anilines is 2. The summed E-state index contributed by atoms with van der Waals surface area (Å²) in [5, 5.41) is 15.1. The lowest BCUT2D eigenvalue weighted by Crippen LogP contribution is -2.15. The largest absolute Gasteiger partial charge is 0.326 e. The van der Waals surface area contributed by atoms with Gasteiger partial charge in [0.25, 0.3) is 0 Å². The Morgan fingerprint density at radius 2 is 1.61 bits per heavy atom. The van der Waals surface area contributed by atoms with Crippen LogP contribution in [0.3, 0.4) is 0 Å². The first kappa shape index (κ1) is 22.8. The molecule has 0 aliphatic carbocycles. The molecule has 2 aromatic carbocycles. The van der Waals surface area contributed by atoms with Crippen molar-refractivity contribution in [3.05, 3.63) is 65.2 Å². The van der Waals surface area contributed by atoms with Crippen LogP contribution >= 0.6 is 23.4 Å². The van der Waals surface area contributed by atoms with Crippen molar-refractivity contribution in [2.75, 3.05) is 16.4 Å². The van der Waals surface area contributed by atoms with Crippen LogP contribution in [-0.2, 0) is 22.6 Å². The van der Waals surface area contributed by atoms with E-state index in [1.807, 2.05) is 11.5 Å². The molecule has 3 aromatic rings. The van der Waals surface area contributed by atoms with Crippen LogP contribution in [0.15, 0.2) is 53.7 Å². The number of hydrogen-bond donors (Lipinski definition) is 2. The third kappa shape index (κ3) is 6.80. The zero-order chi connectivity index (χ0) is 22.2. The summed E-state index contributed by atoms with van der Waals surface area (Å²) in [6.45, 7) is 2.56. The maximum Gasteiger partial charge on any atom is 0.234 e. The molecule has 1 heterocycles. The molecule has 0 aliphatic rings. The highest BCUT2D eigenvalue weighted by molar-refractivity contribution is 7.99. The van der Waals surface area contributed by atoms with Crippen LogP contribution in [0.1, 0.15) is 19.2 Å². The molecule has 2 amide bonds. The summed E-state index contributed by atoms with van der Waals surface area (Å²) in [6, 6.07) is 12.5. The lowest BCUT2D eigenvalue weighted by Gasteiger charge is -2.08. The van der Waals surface area contributed by atoms with E-state index in [1.54, 1.807) is 24.3 Å². The van der Waals surface area contributed by atoms with E-state index in [0.29, 0.717) is 40.3 Å². The Hall–Kier alpha value is -2.91. The summed E-state index contributed by atoms with van der Waals surface area (Å²) < 4.78 is 14.8. The average Bonchev–Trinajstić information content (AvgIpc) is 3.16. The number of hydrogen-bond acceptors (Lipinski definition) is 5. The Labute approximate surface area is 188 Å². The minimum absolute atomic E-state index is 0.168. The number of halogens is 2. The third-order valence-corrected chi connectivity index (χ3v) is 5.49. The molecule has 3 rings (SSSR count). The molecule has 10 heteroatoms. The number of aromatic nitrogens is 3. The van der Waals surface area contributed by atoms with Gasteiger partial charge in [0.1, 0.15) is 11.6 Å². The molecule has 0 fully saturated rings. The van der Waals surface area contributed by atoms with Gasteiger partial charge in [0.15, 0.2) is 5.16 Å². The molecular weight excluding hydrogens is 441 g/mol. The van der Waals surface area contributed by atoms with Crippen LogP contribution in [0, 0.1) is 5.82 Å². The molecule has 0 saturated heterocycles. The van der Waals surface area contributed by atoms with Crippen LogP contribution in [0.4, 0.5) is 15.8 Å². The number of carbonyl (C=O) groups is 2. The molecule has 162 valence electrons. The fourth-order valence-corrected chi connectivity index (χ4v) is 3.72. The maximum absolute atomic E-state index is 13.0. The Bertz CT molecular complexity index is 960. The fourth-order valence-electron chi connectivity index (χ4n) is 2.77. The topological polar surface area (TPSA) is 88.9 Å². The Morgan fingerprint density at radius 3 is 2.26 bits per heavy atom. The summed E-state index contributed by atoms with van der Waals surface area (Å²) in [6.07, 6.45) is 0.600. The predicted molar refractivity (Wildman–Crippen MR) is 120 cm³/mol. The van der Waals surface area contributed by atoms with E-state index in [-0.39, 0.29) is 29.8 Å². The monoisotopic (exact) mass is 461 g/mol. The second kappa shape index (κ2) is 10.9.